The zero-order valence-corrected chi connectivity index (χ0v) is 10.9. The van der Waals surface area contributed by atoms with Gasteiger partial charge in [0.25, 0.3) is 11.8 Å². The summed E-state index contributed by atoms with van der Waals surface area (Å²) in [5.41, 5.74) is 3.73. The van der Waals surface area contributed by atoms with Crippen molar-refractivity contribution in [2.24, 2.45) is 0 Å². The molecule has 0 saturated carbocycles. The van der Waals surface area contributed by atoms with Crippen LogP contribution < -0.4 is 10.9 Å². The van der Waals surface area contributed by atoms with Crippen molar-refractivity contribution in [2.45, 2.75) is 6.54 Å². The number of hydrogen-bond donors (Lipinski definition) is 2. The van der Waals surface area contributed by atoms with Gasteiger partial charge in [-0.3, -0.25) is 20.4 Å². The first-order valence-electron chi connectivity index (χ1n) is 5.42. The minimum atomic E-state index is -1.23. The van der Waals surface area contributed by atoms with E-state index in [9.17, 15) is 18.4 Å². The van der Waals surface area contributed by atoms with Gasteiger partial charge in [0.05, 0.1) is 10.6 Å². The fourth-order valence-electron chi connectivity index (χ4n) is 1.33. The van der Waals surface area contributed by atoms with Crippen molar-refractivity contribution in [2.75, 3.05) is 0 Å². The molecule has 11 heteroatoms. The van der Waals surface area contributed by atoms with Crippen LogP contribution >= 0.6 is 11.6 Å². The van der Waals surface area contributed by atoms with E-state index in [1.807, 2.05) is 5.43 Å². The molecule has 0 bridgehead atoms. The maximum absolute atomic E-state index is 13.0. The smallest absolute Gasteiger partial charge is 0.271 e. The van der Waals surface area contributed by atoms with E-state index in [0.29, 0.717) is 12.1 Å². The lowest BCUT2D eigenvalue weighted by Crippen LogP contribution is -2.43. The number of benzene rings is 1. The molecule has 1 aromatic carbocycles. The summed E-state index contributed by atoms with van der Waals surface area (Å²) in [6, 6.07) is 1.29. The van der Waals surface area contributed by atoms with Gasteiger partial charge in [0, 0.05) is 0 Å². The van der Waals surface area contributed by atoms with Crippen LogP contribution in [0.4, 0.5) is 8.78 Å². The molecule has 0 aliphatic heterocycles. The van der Waals surface area contributed by atoms with Crippen molar-refractivity contribution in [3.63, 3.8) is 0 Å². The molecule has 0 saturated heterocycles. The fourth-order valence-corrected chi connectivity index (χ4v) is 1.57. The summed E-state index contributed by atoms with van der Waals surface area (Å²) in [5, 5.41) is 9.79. The normalized spacial score (nSPS) is 10.2. The van der Waals surface area contributed by atoms with Crippen LogP contribution in [0.25, 0.3) is 0 Å². The summed E-state index contributed by atoms with van der Waals surface area (Å²) in [5.74, 6) is -3.94. The van der Waals surface area contributed by atoms with Gasteiger partial charge >= 0.3 is 0 Å². The number of amides is 2. The van der Waals surface area contributed by atoms with Crippen LogP contribution in [0.3, 0.4) is 0 Å². The van der Waals surface area contributed by atoms with Crippen LogP contribution in [0.15, 0.2) is 18.5 Å². The lowest BCUT2D eigenvalue weighted by Gasteiger charge is -2.08. The van der Waals surface area contributed by atoms with E-state index in [4.69, 9.17) is 11.6 Å². The molecule has 21 heavy (non-hydrogen) atoms. The molecule has 0 spiro atoms. The first-order chi connectivity index (χ1) is 9.97. The topological polar surface area (TPSA) is 102 Å². The van der Waals surface area contributed by atoms with Crippen molar-refractivity contribution in [3.8, 4) is 0 Å². The van der Waals surface area contributed by atoms with E-state index in [1.54, 1.807) is 0 Å². The Hall–Kier alpha value is -2.62. The van der Waals surface area contributed by atoms with Gasteiger partial charge in [0.15, 0.2) is 11.6 Å². The van der Waals surface area contributed by atoms with E-state index in [0.717, 1.165) is 4.68 Å². The van der Waals surface area contributed by atoms with E-state index < -0.39 is 23.4 Å². The predicted molar refractivity (Wildman–Crippen MR) is 64.8 cm³/mol. The van der Waals surface area contributed by atoms with E-state index in [1.165, 1.54) is 6.33 Å². The Morgan fingerprint density at radius 2 is 1.95 bits per heavy atom. The van der Waals surface area contributed by atoms with Crippen LogP contribution in [0.5, 0.6) is 0 Å². The van der Waals surface area contributed by atoms with Crippen molar-refractivity contribution in [3.05, 3.63) is 40.7 Å². The lowest BCUT2D eigenvalue weighted by molar-refractivity contribution is -0.122. The number of aromatic nitrogens is 4. The maximum atomic E-state index is 13.0. The predicted octanol–water partition coefficient (Wildman–Crippen LogP) is 0.0659. The fraction of sp³-hybridized carbons (Fsp3) is 0.100. The molecule has 0 unspecified atom stereocenters. The van der Waals surface area contributed by atoms with Gasteiger partial charge in [0.2, 0.25) is 0 Å². The third kappa shape index (κ3) is 3.69. The first-order valence-corrected chi connectivity index (χ1v) is 5.79. The molecule has 2 amide bonds. The zero-order chi connectivity index (χ0) is 15.4. The van der Waals surface area contributed by atoms with Crippen molar-refractivity contribution in [1.29, 1.82) is 0 Å². The zero-order valence-electron chi connectivity index (χ0n) is 10.2. The summed E-state index contributed by atoms with van der Waals surface area (Å²) in [7, 11) is 0. The maximum Gasteiger partial charge on any atom is 0.271 e. The Bertz CT molecular complexity index is 678. The number of halogens is 3. The largest absolute Gasteiger partial charge is 0.271 e. The van der Waals surface area contributed by atoms with Gasteiger partial charge in [-0.2, -0.15) is 0 Å². The third-order valence-corrected chi connectivity index (χ3v) is 2.58. The Balaban J connectivity index is 1.96. The molecule has 0 aliphatic carbocycles. The van der Waals surface area contributed by atoms with Gasteiger partial charge in [-0.15, -0.1) is 5.10 Å². The monoisotopic (exact) mass is 316 g/mol. The molecule has 8 nitrogen and oxygen atoms in total. The molecule has 2 rings (SSSR count). The van der Waals surface area contributed by atoms with Crippen LogP contribution in [-0.4, -0.2) is 32.0 Å². The van der Waals surface area contributed by atoms with E-state index >= 15 is 0 Å². The molecule has 0 aliphatic rings. The molecular formula is C10H7ClF2N6O2. The highest BCUT2D eigenvalue weighted by molar-refractivity contribution is 6.33. The Morgan fingerprint density at radius 3 is 2.62 bits per heavy atom. The molecule has 1 heterocycles. The van der Waals surface area contributed by atoms with Gasteiger partial charge < -0.3 is 0 Å². The van der Waals surface area contributed by atoms with Gasteiger partial charge in [-0.1, -0.05) is 11.6 Å². The molecule has 0 atom stereocenters. The summed E-state index contributed by atoms with van der Waals surface area (Å²) >= 11 is 5.62. The summed E-state index contributed by atoms with van der Waals surface area (Å²) in [4.78, 5) is 23.1. The average Bonchev–Trinajstić information content (AvgIpc) is 2.93. The molecule has 0 fully saturated rings. The number of carbonyl (C=O) groups excluding carboxylic acids is 2. The molecule has 110 valence electrons. The van der Waals surface area contributed by atoms with Gasteiger partial charge in [-0.25, -0.2) is 13.5 Å². The van der Waals surface area contributed by atoms with Gasteiger partial charge in [-0.05, 0) is 22.6 Å². The highest BCUT2D eigenvalue weighted by atomic mass is 35.5. The van der Waals surface area contributed by atoms with Crippen LogP contribution in [0, 0.1) is 11.6 Å². The number of nitrogens with zero attached hydrogens (tertiary/aromatic N) is 4. The molecule has 0 radical (unpaired) electrons. The van der Waals surface area contributed by atoms with Gasteiger partial charge in [0.1, 0.15) is 12.9 Å². The second-order valence-corrected chi connectivity index (χ2v) is 4.16. The molecule has 2 N–H and O–H groups in total. The molecular weight excluding hydrogens is 310 g/mol. The highest BCUT2D eigenvalue weighted by Crippen LogP contribution is 2.19. The Morgan fingerprint density at radius 1 is 1.24 bits per heavy atom. The number of tetrazole rings is 1. The first kappa shape index (κ1) is 14.8. The summed E-state index contributed by atoms with van der Waals surface area (Å²) < 4.78 is 27.0. The summed E-state index contributed by atoms with van der Waals surface area (Å²) in [6.45, 7) is -0.237. The summed E-state index contributed by atoms with van der Waals surface area (Å²) in [6.07, 6.45) is 1.20. The number of hydrazine groups is 1. The standard InChI is InChI=1S/C10H7ClF2N6O2/c11-6-2-8(13)7(12)1-5(6)10(21)16-15-9(20)3-19-4-14-17-18-19/h1-2,4H,3H2,(H,15,20)(H,16,21). The van der Waals surface area contributed by atoms with Crippen LogP contribution in [-0.2, 0) is 11.3 Å². The minimum absolute atomic E-state index is 0.237. The molecule has 1 aromatic heterocycles. The highest BCUT2D eigenvalue weighted by Gasteiger charge is 2.15. The Labute approximate surface area is 121 Å². The van der Waals surface area contributed by atoms with Crippen molar-refractivity contribution in [1.82, 2.24) is 31.1 Å². The van der Waals surface area contributed by atoms with Crippen LogP contribution in [0.1, 0.15) is 10.4 Å². The van der Waals surface area contributed by atoms with E-state index in [-0.39, 0.29) is 17.1 Å². The number of rotatable bonds is 3. The number of carbonyl (C=O) groups is 2. The number of nitrogens with one attached hydrogen (secondary N) is 2. The average molecular weight is 317 g/mol. The Kier molecular flexibility index (Phi) is 4.38. The minimum Gasteiger partial charge on any atom is -0.271 e. The molecule has 2 aromatic rings. The lowest BCUT2D eigenvalue weighted by atomic mass is 10.2. The number of hydrogen-bond acceptors (Lipinski definition) is 5. The SMILES string of the molecule is O=C(Cn1cnnn1)NNC(=O)c1cc(F)c(F)cc1Cl. The quantitative estimate of drug-likeness (QED) is 0.616. The van der Waals surface area contributed by atoms with E-state index in [2.05, 4.69) is 21.0 Å². The van der Waals surface area contributed by atoms with Crippen LogP contribution in [0.2, 0.25) is 5.02 Å². The second-order valence-electron chi connectivity index (χ2n) is 3.76. The third-order valence-electron chi connectivity index (χ3n) is 2.27. The van der Waals surface area contributed by atoms with Crippen molar-refractivity contribution < 1.29 is 18.4 Å². The second kappa shape index (κ2) is 6.22. The van der Waals surface area contributed by atoms with Crippen molar-refractivity contribution >= 4 is 23.4 Å².